The second-order valence-corrected chi connectivity index (χ2v) is 5.44. The monoisotopic (exact) mass is 381 g/mol. The number of hydrogen-bond donors (Lipinski definition) is 3. The van der Waals surface area contributed by atoms with Crippen molar-refractivity contribution in [3.63, 3.8) is 0 Å². The first-order valence-electron chi connectivity index (χ1n) is 7.98. The molecule has 0 atom stereocenters. The van der Waals surface area contributed by atoms with E-state index >= 15 is 0 Å². The number of pyridine rings is 1. The van der Waals surface area contributed by atoms with Gasteiger partial charge in [-0.2, -0.15) is 5.10 Å². The molecule has 2 aromatic heterocycles. The molecule has 0 aliphatic heterocycles. The minimum Gasteiger partial charge on any atom is -0.495 e. The summed E-state index contributed by atoms with van der Waals surface area (Å²) in [5.41, 5.74) is 0.715. The Kier molecular flexibility index (Phi) is 5.30. The predicted molar refractivity (Wildman–Crippen MR) is 100 cm³/mol. The Hall–Kier alpha value is -4.21. The van der Waals surface area contributed by atoms with Crippen molar-refractivity contribution in [3.8, 4) is 17.3 Å². The first-order chi connectivity index (χ1) is 13.5. The summed E-state index contributed by atoms with van der Waals surface area (Å²) in [5.74, 6) is -0.881. The van der Waals surface area contributed by atoms with E-state index < -0.39 is 23.0 Å². The molecular formula is C18H15N5O5. The number of H-pyrrole nitrogens is 1. The lowest BCUT2D eigenvalue weighted by Gasteiger charge is -2.12. The zero-order valence-corrected chi connectivity index (χ0v) is 14.6. The molecule has 0 saturated carbocycles. The van der Waals surface area contributed by atoms with Gasteiger partial charge in [-0.1, -0.05) is 12.1 Å². The Morgan fingerprint density at radius 1 is 1.25 bits per heavy atom. The predicted octanol–water partition coefficient (Wildman–Crippen LogP) is 0.399. The highest BCUT2D eigenvalue weighted by molar-refractivity contribution is 5.94. The second kappa shape index (κ2) is 7.99. The summed E-state index contributed by atoms with van der Waals surface area (Å²) in [4.78, 5) is 42.1. The smallest absolute Gasteiger partial charge is 0.335 e. The number of nitrogens with one attached hydrogen (secondary N) is 2. The van der Waals surface area contributed by atoms with Crippen molar-refractivity contribution in [1.82, 2.24) is 20.0 Å². The van der Waals surface area contributed by atoms with Crippen LogP contribution in [0.25, 0.3) is 5.69 Å². The zero-order valence-electron chi connectivity index (χ0n) is 14.6. The van der Waals surface area contributed by atoms with E-state index in [0.717, 1.165) is 10.8 Å². The zero-order chi connectivity index (χ0) is 20.1. The summed E-state index contributed by atoms with van der Waals surface area (Å²) in [5, 5.41) is 14.2. The molecule has 0 fully saturated rings. The molecule has 10 nitrogen and oxygen atoms in total. The molecule has 0 radical (unpaired) electrons. The largest absolute Gasteiger partial charge is 0.495 e. The average molecular weight is 381 g/mol. The minimum absolute atomic E-state index is 0.222. The fourth-order valence-electron chi connectivity index (χ4n) is 2.42. The fourth-order valence-corrected chi connectivity index (χ4v) is 2.42. The maximum Gasteiger partial charge on any atom is 0.335 e. The summed E-state index contributed by atoms with van der Waals surface area (Å²) >= 11 is 0. The normalized spacial score (nSPS) is 10.8. The van der Waals surface area contributed by atoms with Gasteiger partial charge in [0.1, 0.15) is 11.3 Å². The van der Waals surface area contributed by atoms with Gasteiger partial charge < -0.3 is 9.84 Å². The number of aromatic amines is 1. The highest BCUT2D eigenvalue weighted by Gasteiger charge is 2.17. The van der Waals surface area contributed by atoms with Crippen LogP contribution in [0.2, 0.25) is 0 Å². The number of amides is 1. The Bertz CT molecular complexity index is 1150. The SMILES string of the molecule is COc1ccccc1-n1c(O)c(C=NNC(=O)c2ccncc2)c(=O)[nH]c1=O. The van der Waals surface area contributed by atoms with E-state index in [4.69, 9.17) is 4.74 Å². The van der Waals surface area contributed by atoms with Gasteiger partial charge in [0.25, 0.3) is 11.5 Å². The molecule has 0 bridgehead atoms. The number of nitrogens with zero attached hydrogens (tertiary/aromatic N) is 3. The number of aromatic hydroxyl groups is 1. The van der Waals surface area contributed by atoms with Crippen molar-refractivity contribution in [3.05, 3.63) is 80.8 Å². The van der Waals surface area contributed by atoms with E-state index in [2.05, 4.69) is 20.5 Å². The van der Waals surface area contributed by atoms with Crippen LogP contribution >= 0.6 is 0 Å². The molecule has 3 aromatic rings. The van der Waals surface area contributed by atoms with Crippen molar-refractivity contribution in [2.45, 2.75) is 0 Å². The number of hydrogen-bond acceptors (Lipinski definition) is 7. The molecule has 28 heavy (non-hydrogen) atoms. The van der Waals surface area contributed by atoms with E-state index in [1.165, 1.54) is 37.7 Å². The quantitative estimate of drug-likeness (QED) is 0.432. The third-order valence-electron chi connectivity index (χ3n) is 3.75. The van der Waals surface area contributed by atoms with E-state index in [1.807, 2.05) is 0 Å². The first-order valence-corrected chi connectivity index (χ1v) is 7.98. The Morgan fingerprint density at radius 3 is 2.68 bits per heavy atom. The van der Waals surface area contributed by atoms with Gasteiger partial charge in [0.2, 0.25) is 5.88 Å². The molecule has 1 aromatic carbocycles. The van der Waals surface area contributed by atoms with Gasteiger partial charge in [-0.25, -0.2) is 14.8 Å². The van der Waals surface area contributed by atoms with Gasteiger partial charge in [0, 0.05) is 18.0 Å². The van der Waals surface area contributed by atoms with Crippen LogP contribution in [0, 0.1) is 0 Å². The number of aromatic nitrogens is 3. The van der Waals surface area contributed by atoms with Crippen molar-refractivity contribution in [2.24, 2.45) is 5.10 Å². The van der Waals surface area contributed by atoms with Crippen molar-refractivity contribution in [1.29, 1.82) is 0 Å². The number of carbonyl (C=O) groups excluding carboxylic acids is 1. The number of benzene rings is 1. The van der Waals surface area contributed by atoms with Gasteiger partial charge in [-0.3, -0.25) is 19.6 Å². The molecule has 3 rings (SSSR count). The number of carbonyl (C=O) groups is 1. The Balaban J connectivity index is 1.97. The number of rotatable bonds is 5. The lowest BCUT2D eigenvalue weighted by molar-refractivity contribution is 0.0955. The lowest BCUT2D eigenvalue weighted by Crippen LogP contribution is -2.31. The van der Waals surface area contributed by atoms with Crippen LogP contribution in [0.15, 0.2) is 63.5 Å². The maximum absolute atomic E-state index is 12.2. The van der Waals surface area contributed by atoms with Crippen LogP contribution in [0.4, 0.5) is 0 Å². The van der Waals surface area contributed by atoms with Crippen molar-refractivity contribution in [2.75, 3.05) is 7.11 Å². The Labute approximate surface area is 157 Å². The summed E-state index contributed by atoms with van der Waals surface area (Å²) in [6.07, 6.45) is 3.83. The van der Waals surface area contributed by atoms with Crippen molar-refractivity contribution >= 4 is 12.1 Å². The van der Waals surface area contributed by atoms with Gasteiger partial charge in [0.05, 0.1) is 19.0 Å². The van der Waals surface area contributed by atoms with E-state index in [9.17, 15) is 19.5 Å². The van der Waals surface area contributed by atoms with Crippen LogP contribution < -0.4 is 21.4 Å². The Morgan fingerprint density at radius 2 is 1.96 bits per heavy atom. The highest BCUT2D eigenvalue weighted by atomic mass is 16.5. The van der Waals surface area contributed by atoms with Gasteiger partial charge >= 0.3 is 5.69 Å². The summed E-state index contributed by atoms with van der Waals surface area (Å²) in [7, 11) is 1.41. The first kappa shape index (κ1) is 18.6. The summed E-state index contributed by atoms with van der Waals surface area (Å²) in [6.45, 7) is 0. The van der Waals surface area contributed by atoms with Crippen molar-refractivity contribution < 1.29 is 14.6 Å². The number of methoxy groups -OCH3 is 1. The van der Waals surface area contributed by atoms with Crippen LogP contribution in [0.3, 0.4) is 0 Å². The maximum atomic E-state index is 12.2. The molecule has 142 valence electrons. The number of ether oxygens (including phenoxy) is 1. The van der Waals surface area contributed by atoms with Crippen LogP contribution in [-0.2, 0) is 0 Å². The van der Waals surface area contributed by atoms with Gasteiger partial charge in [0.15, 0.2) is 0 Å². The van der Waals surface area contributed by atoms with E-state index in [-0.39, 0.29) is 11.3 Å². The summed E-state index contributed by atoms with van der Waals surface area (Å²) in [6, 6.07) is 9.41. The molecule has 1 amide bonds. The lowest BCUT2D eigenvalue weighted by atomic mass is 10.2. The van der Waals surface area contributed by atoms with E-state index in [0.29, 0.717) is 11.3 Å². The van der Waals surface area contributed by atoms with Crippen LogP contribution in [-0.4, -0.2) is 38.9 Å². The van der Waals surface area contributed by atoms with Crippen LogP contribution in [0.1, 0.15) is 15.9 Å². The molecule has 0 spiro atoms. The van der Waals surface area contributed by atoms with Crippen LogP contribution in [0.5, 0.6) is 11.6 Å². The molecule has 0 aliphatic carbocycles. The molecule has 0 aliphatic rings. The average Bonchev–Trinajstić information content (AvgIpc) is 2.71. The summed E-state index contributed by atoms with van der Waals surface area (Å²) < 4.78 is 6.05. The third kappa shape index (κ3) is 3.65. The fraction of sp³-hybridized carbons (Fsp3) is 0.0556. The second-order valence-electron chi connectivity index (χ2n) is 5.44. The molecule has 10 heteroatoms. The molecule has 2 heterocycles. The van der Waals surface area contributed by atoms with Gasteiger partial charge in [-0.15, -0.1) is 0 Å². The molecule has 0 unspecified atom stereocenters. The molecular weight excluding hydrogens is 366 g/mol. The van der Waals surface area contributed by atoms with E-state index in [1.54, 1.807) is 18.2 Å². The van der Waals surface area contributed by atoms with Gasteiger partial charge in [-0.05, 0) is 24.3 Å². The molecule has 0 saturated heterocycles. The topological polar surface area (TPSA) is 139 Å². The third-order valence-corrected chi connectivity index (χ3v) is 3.75. The molecule has 3 N–H and O–H groups in total. The standard InChI is InChI=1S/C18H15N5O5/c1-28-14-5-3-2-4-13(14)23-17(26)12(16(25)21-18(23)27)10-20-22-15(24)11-6-8-19-9-7-11/h2-10,26H,1H3,(H,22,24)(H,21,25,27). The highest BCUT2D eigenvalue weighted by Crippen LogP contribution is 2.24. The number of para-hydroxylation sites is 2. The number of hydrazone groups is 1. The minimum atomic E-state index is -0.865.